The van der Waals surface area contributed by atoms with Gasteiger partial charge in [-0.25, -0.2) is 9.37 Å². The fourth-order valence-electron chi connectivity index (χ4n) is 3.50. The number of amides is 1. The molecule has 0 aliphatic carbocycles. The van der Waals surface area contributed by atoms with Gasteiger partial charge in [0.05, 0.1) is 19.3 Å². The van der Waals surface area contributed by atoms with Gasteiger partial charge < -0.3 is 10.1 Å². The van der Waals surface area contributed by atoms with Crippen LogP contribution in [0.25, 0.3) is 5.65 Å². The van der Waals surface area contributed by atoms with Crippen LogP contribution < -0.4 is 10.9 Å². The molecule has 1 aromatic carbocycles. The number of morpholine rings is 1. The Balaban J connectivity index is 1.55. The maximum atomic E-state index is 13.4. The average molecular weight is 396 g/mol. The van der Waals surface area contributed by atoms with Gasteiger partial charge in [0.15, 0.2) is 0 Å². The van der Waals surface area contributed by atoms with Gasteiger partial charge in [0.25, 0.3) is 11.5 Å². The number of carbonyl (C=O) groups excluding carboxylic acids is 1. The lowest BCUT2D eigenvalue weighted by Gasteiger charge is -2.34. The predicted molar refractivity (Wildman–Crippen MR) is 105 cm³/mol. The summed E-state index contributed by atoms with van der Waals surface area (Å²) in [4.78, 5) is 31.7. The van der Waals surface area contributed by atoms with E-state index in [1.807, 2.05) is 0 Å². The smallest absolute Gasteiger partial charge is 0.270 e. The van der Waals surface area contributed by atoms with Gasteiger partial charge in [-0.05, 0) is 29.8 Å². The summed E-state index contributed by atoms with van der Waals surface area (Å²) in [7, 11) is 0. The number of aromatic nitrogens is 2. The van der Waals surface area contributed by atoms with Gasteiger partial charge in [-0.3, -0.25) is 18.9 Å². The van der Waals surface area contributed by atoms with Crippen LogP contribution in [0.4, 0.5) is 4.39 Å². The normalized spacial score (nSPS) is 15.9. The van der Waals surface area contributed by atoms with Gasteiger partial charge in [0.2, 0.25) is 0 Å². The minimum absolute atomic E-state index is 0.0199. The third kappa shape index (κ3) is 4.18. The fraction of sp³-hybridized carbons (Fsp3) is 0.286. The molecule has 1 atom stereocenters. The lowest BCUT2D eigenvalue weighted by Crippen LogP contribution is -2.44. The molecule has 0 radical (unpaired) electrons. The van der Waals surface area contributed by atoms with Crippen LogP contribution in [0.1, 0.15) is 22.0 Å². The van der Waals surface area contributed by atoms with Crippen LogP contribution >= 0.6 is 0 Å². The Morgan fingerprint density at radius 2 is 1.93 bits per heavy atom. The maximum absolute atomic E-state index is 13.4. The van der Waals surface area contributed by atoms with E-state index in [4.69, 9.17) is 4.74 Å². The van der Waals surface area contributed by atoms with Crippen molar-refractivity contribution in [1.82, 2.24) is 19.6 Å². The van der Waals surface area contributed by atoms with Crippen LogP contribution in [0, 0.1) is 5.82 Å². The molecule has 7 nitrogen and oxygen atoms in total. The molecule has 1 saturated heterocycles. The van der Waals surface area contributed by atoms with Crippen molar-refractivity contribution in [3.8, 4) is 0 Å². The average Bonchev–Trinajstić information content (AvgIpc) is 2.76. The highest BCUT2D eigenvalue weighted by Gasteiger charge is 2.24. The van der Waals surface area contributed by atoms with Crippen molar-refractivity contribution in [3.05, 3.63) is 82.2 Å². The second kappa shape index (κ2) is 8.50. The summed E-state index contributed by atoms with van der Waals surface area (Å²) in [5.41, 5.74) is 0.930. The summed E-state index contributed by atoms with van der Waals surface area (Å²) in [6.45, 7) is 2.89. The first kappa shape index (κ1) is 19.2. The molecular weight excluding hydrogens is 375 g/mol. The second-order valence-electron chi connectivity index (χ2n) is 6.83. The minimum atomic E-state index is -0.485. The van der Waals surface area contributed by atoms with E-state index < -0.39 is 11.5 Å². The topological polar surface area (TPSA) is 75.9 Å². The van der Waals surface area contributed by atoms with Crippen LogP contribution in [0.15, 0.2) is 59.7 Å². The van der Waals surface area contributed by atoms with Crippen molar-refractivity contribution in [3.63, 3.8) is 0 Å². The molecule has 1 amide bonds. The van der Waals surface area contributed by atoms with Gasteiger partial charge in [0, 0.05) is 32.0 Å². The molecule has 150 valence electrons. The highest BCUT2D eigenvalue weighted by molar-refractivity contribution is 5.93. The van der Waals surface area contributed by atoms with Crippen LogP contribution in [0.2, 0.25) is 0 Å². The Morgan fingerprint density at radius 1 is 1.17 bits per heavy atom. The largest absolute Gasteiger partial charge is 0.379 e. The van der Waals surface area contributed by atoms with Gasteiger partial charge in [-0.2, -0.15) is 0 Å². The molecular formula is C21H21FN4O3. The van der Waals surface area contributed by atoms with E-state index >= 15 is 0 Å². The zero-order valence-corrected chi connectivity index (χ0v) is 15.8. The predicted octanol–water partition coefficient (Wildman–Crippen LogP) is 1.64. The zero-order valence-electron chi connectivity index (χ0n) is 15.8. The highest BCUT2D eigenvalue weighted by Crippen LogP contribution is 2.21. The molecule has 4 rings (SSSR count). The number of carbonyl (C=O) groups is 1. The van der Waals surface area contributed by atoms with Gasteiger partial charge in [-0.15, -0.1) is 0 Å². The summed E-state index contributed by atoms with van der Waals surface area (Å²) in [6.07, 6.45) is 2.88. The number of hydrogen-bond acceptors (Lipinski definition) is 5. The van der Waals surface area contributed by atoms with E-state index in [0.29, 0.717) is 32.0 Å². The van der Waals surface area contributed by atoms with Gasteiger partial charge in [-0.1, -0.05) is 18.2 Å². The summed E-state index contributed by atoms with van der Waals surface area (Å²) in [6, 6.07) is 11.3. The van der Waals surface area contributed by atoms with Crippen molar-refractivity contribution in [2.24, 2.45) is 0 Å². The maximum Gasteiger partial charge on any atom is 0.270 e. The van der Waals surface area contributed by atoms with Crippen LogP contribution in [0.5, 0.6) is 0 Å². The van der Waals surface area contributed by atoms with Crippen molar-refractivity contribution >= 4 is 11.6 Å². The number of nitrogens with one attached hydrogen (secondary N) is 1. The molecule has 29 heavy (non-hydrogen) atoms. The first-order chi connectivity index (χ1) is 14.1. The second-order valence-corrected chi connectivity index (χ2v) is 6.83. The minimum Gasteiger partial charge on any atom is -0.379 e. The number of benzene rings is 1. The number of halogens is 1. The summed E-state index contributed by atoms with van der Waals surface area (Å²) in [5.74, 6) is -0.796. The number of nitrogens with zero attached hydrogens (tertiary/aromatic N) is 3. The number of hydrogen-bond donors (Lipinski definition) is 1. The first-order valence-electron chi connectivity index (χ1n) is 9.45. The lowest BCUT2D eigenvalue weighted by atomic mass is 10.0. The summed E-state index contributed by atoms with van der Waals surface area (Å²) >= 11 is 0. The van der Waals surface area contributed by atoms with Crippen molar-refractivity contribution in [1.29, 1.82) is 0 Å². The van der Waals surface area contributed by atoms with Crippen molar-refractivity contribution in [2.45, 2.75) is 6.04 Å². The third-order valence-corrected chi connectivity index (χ3v) is 5.06. The van der Waals surface area contributed by atoms with Crippen molar-refractivity contribution < 1.29 is 13.9 Å². The summed E-state index contributed by atoms with van der Waals surface area (Å²) < 4.78 is 20.1. The Labute approximate surface area is 166 Å². The molecule has 3 aromatic rings. The number of pyridine rings is 1. The van der Waals surface area contributed by atoms with Gasteiger partial charge in [0.1, 0.15) is 17.0 Å². The molecule has 3 heterocycles. The Kier molecular flexibility index (Phi) is 5.64. The fourth-order valence-corrected chi connectivity index (χ4v) is 3.50. The molecule has 1 aliphatic heterocycles. The number of fused-ring (bicyclic) bond motifs is 1. The van der Waals surface area contributed by atoms with E-state index in [0.717, 1.165) is 5.56 Å². The van der Waals surface area contributed by atoms with E-state index in [1.54, 1.807) is 36.5 Å². The van der Waals surface area contributed by atoms with Crippen LogP contribution in [-0.2, 0) is 4.74 Å². The molecule has 0 spiro atoms. The highest BCUT2D eigenvalue weighted by atomic mass is 19.1. The third-order valence-electron chi connectivity index (χ3n) is 5.06. The molecule has 0 bridgehead atoms. The Bertz CT molecular complexity index is 1060. The number of ether oxygens (including phenoxy) is 1. The van der Waals surface area contributed by atoms with E-state index in [2.05, 4.69) is 15.2 Å². The van der Waals surface area contributed by atoms with Crippen LogP contribution in [-0.4, -0.2) is 53.0 Å². The molecule has 1 aliphatic rings. The Morgan fingerprint density at radius 3 is 2.69 bits per heavy atom. The molecule has 1 N–H and O–H groups in total. The quantitative estimate of drug-likeness (QED) is 0.710. The SMILES string of the molecule is O=C(NC[C@@H](c1ccc(F)cc1)N1CCOCC1)c1cnc2ccccn2c1=O. The molecule has 2 aromatic heterocycles. The van der Waals surface area contributed by atoms with Crippen molar-refractivity contribution in [2.75, 3.05) is 32.8 Å². The molecule has 8 heteroatoms. The Hall–Kier alpha value is -3.10. The standard InChI is InChI=1S/C21H21FN4O3/c22-16-6-4-15(5-7-16)18(25-9-11-29-12-10-25)14-24-20(27)17-13-23-19-3-1-2-8-26(19)21(17)28/h1-8,13,18H,9-12,14H2,(H,24,27)/t18-/m0/s1. The van der Waals surface area contributed by atoms with E-state index in [1.165, 1.54) is 22.7 Å². The number of rotatable bonds is 5. The van der Waals surface area contributed by atoms with E-state index in [-0.39, 0.29) is 24.0 Å². The van der Waals surface area contributed by atoms with Gasteiger partial charge >= 0.3 is 0 Å². The lowest BCUT2D eigenvalue weighted by molar-refractivity contribution is 0.0162. The molecule has 0 saturated carbocycles. The molecule has 0 unspecified atom stereocenters. The van der Waals surface area contributed by atoms with E-state index in [9.17, 15) is 14.0 Å². The first-order valence-corrected chi connectivity index (χ1v) is 9.45. The monoisotopic (exact) mass is 396 g/mol. The zero-order chi connectivity index (χ0) is 20.2. The molecule has 1 fully saturated rings. The van der Waals surface area contributed by atoms with Crippen LogP contribution in [0.3, 0.4) is 0 Å². The summed E-state index contributed by atoms with van der Waals surface area (Å²) in [5, 5.41) is 2.85.